The largest absolute Gasteiger partial charge is 0.371 e. The molecule has 0 bridgehead atoms. The van der Waals surface area contributed by atoms with Gasteiger partial charge in [-0.2, -0.15) is 0 Å². The molecular weight excluding hydrogens is 158 g/mol. The number of rotatable bonds is 5. The lowest BCUT2D eigenvalue weighted by Gasteiger charge is -2.03. The third kappa shape index (κ3) is 3.50. The van der Waals surface area contributed by atoms with E-state index in [-0.39, 0.29) is 18.7 Å². The van der Waals surface area contributed by atoms with Gasteiger partial charge in [-0.15, -0.1) is 0 Å². The molecule has 12 heavy (non-hydrogen) atoms. The summed E-state index contributed by atoms with van der Waals surface area (Å²) >= 11 is 0. The average molecular weight is 171 g/mol. The van der Waals surface area contributed by atoms with Crippen molar-refractivity contribution in [2.24, 2.45) is 0 Å². The van der Waals surface area contributed by atoms with Crippen LogP contribution in [0.2, 0.25) is 0 Å². The molecule has 1 aliphatic rings. The number of carbonyl (C=O) groups is 1. The predicted molar refractivity (Wildman–Crippen MR) is 43.5 cm³/mol. The molecule has 4 nitrogen and oxygen atoms in total. The normalized spacial score (nSPS) is 20.2. The fourth-order valence-corrected chi connectivity index (χ4v) is 0.622. The first kappa shape index (κ1) is 9.22. The Balaban J connectivity index is 1.93. The molecule has 68 valence electrons. The molecule has 0 saturated carbocycles. The summed E-state index contributed by atoms with van der Waals surface area (Å²) < 4.78 is 9.99. The Labute approximate surface area is 71.5 Å². The molecule has 1 fully saturated rings. The summed E-state index contributed by atoms with van der Waals surface area (Å²) in [7, 11) is 0. The third-order valence-corrected chi connectivity index (χ3v) is 1.43. The molecule has 0 aromatic rings. The second-order valence-corrected chi connectivity index (χ2v) is 2.76. The third-order valence-electron chi connectivity index (χ3n) is 1.43. The van der Waals surface area contributed by atoms with E-state index in [0.29, 0.717) is 12.2 Å². The van der Waals surface area contributed by atoms with Crippen LogP contribution in [0.15, 0.2) is 12.2 Å². The lowest BCUT2D eigenvalue weighted by Crippen LogP contribution is -2.27. The van der Waals surface area contributed by atoms with Crippen LogP contribution >= 0.6 is 0 Å². The lowest BCUT2D eigenvalue weighted by molar-refractivity contribution is -0.119. The van der Waals surface area contributed by atoms with E-state index in [4.69, 9.17) is 9.47 Å². The minimum atomic E-state index is -0.174. The van der Waals surface area contributed by atoms with Gasteiger partial charge in [0.2, 0.25) is 5.91 Å². The molecule has 4 heteroatoms. The monoisotopic (exact) mass is 171 g/mol. The van der Waals surface area contributed by atoms with Crippen molar-refractivity contribution in [2.45, 2.75) is 13.0 Å². The molecule has 0 aromatic carbocycles. The number of carbonyl (C=O) groups excluding carboxylic acids is 1. The van der Waals surface area contributed by atoms with Gasteiger partial charge in [0.25, 0.3) is 0 Å². The maximum atomic E-state index is 10.9. The maximum absolute atomic E-state index is 10.9. The fourth-order valence-electron chi connectivity index (χ4n) is 0.622. The van der Waals surface area contributed by atoms with Crippen molar-refractivity contribution in [1.29, 1.82) is 0 Å². The van der Waals surface area contributed by atoms with Gasteiger partial charge in [0.1, 0.15) is 12.8 Å². The van der Waals surface area contributed by atoms with Gasteiger partial charge in [0.15, 0.2) is 0 Å². The second-order valence-electron chi connectivity index (χ2n) is 2.76. The van der Waals surface area contributed by atoms with Gasteiger partial charge >= 0.3 is 0 Å². The quantitative estimate of drug-likeness (QED) is 0.275. The maximum Gasteiger partial charge on any atom is 0.248 e. The Bertz CT molecular complexity index is 187. The van der Waals surface area contributed by atoms with Gasteiger partial charge in [-0.1, -0.05) is 6.58 Å². The molecule has 0 aromatic heterocycles. The summed E-state index contributed by atoms with van der Waals surface area (Å²) in [5, 5.41) is 2.55. The van der Waals surface area contributed by atoms with E-state index < -0.39 is 0 Å². The number of nitrogens with one attached hydrogen (secondary N) is 1. The summed E-state index contributed by atoms with van der Waals surface area (Å²) in [4.78, 5) is 10.9. The summed E-state index contributed by atoms with van der Waals surface area (Å²) in [6.07, 6.45) is 0.242. The van der Waals surface area contributed by atoms with Crippen molar-refractivity contribution in [3.05, 3.63) is 12.2 Å². The Morgan fingerprint density at radius 1 is 1.83 bits per heavy atom. The molecule has 0 aliphatic carbocycles. The standard InChI is InChI=1S/C8H13NO3/c1-6(2)8(10)9-5-11-3-7-4-12-7/h7H,1,3-5H2,2H3,(H,9,10). The number of hydrogen-bond donors (Lipinski definition) is 1. The summed E-state index contributed by atoms with van der Waals surface area (Å²) in [6, 6.07) is 0. The van der Waals surface area contributed by atoms with E-state index >= 15 is 0 Å². The van der Waals surface area contributed by atoms with Crippen LogP contribution in [0.4, 0.5) is 0 Å². The molecule has 1 atom stereocenters. The molecule has 0 spiro atoms. The highest BCUT2D eigenvalue weighted by atomic mass is 16.6. The van der Waals surface area contributed by atoms with E-state index in [1.807, 2.05) is 0 Å². The van der Waals surface area contributed by atoms with Crippen LogP contribution in [0, 0.1) is 0 Å². The topological polar surface area (TPSA) is 50.9 Å². The molecule has 1 saturated heterocycles. The summed E-state index contributed by atoms with van der Waals surface area (Å²) in [5.41, 5.74) is 0.487. The van der Waals surface area contributed by atoms with Crippen LogP contribution in [0.1, 0.15) is 6.92 Å². The van der Waals surface area contributed by atoms with E-state index in [1.54, 1.807) is 6.92 Å². The van der Waals surface area contributed by atoms with Gasteiger partial charge in [0, 0.05) is 5.57 Å². The van der Waals surface area contributed by atoms with Crippen molar-refractivity contribution in [3.63, 3.8) is 0 Å². The van der Waals surface area contributed by atoms with Crippen LogP contribution in [0.3, 0.4) is 0 Å². The summed E-state index contributed by atoms with van der Waals surface area (Å²) in [5.74, 6) is -0.174. The zero-order valence-electron chi connectivity index (χ0n) is 7.13. The van der Waals surface area contributed by atoms with Crippen LogP contribution in [0.5, 0.6) is 0 Å². The van der Waals surface area contributed by atoms with Gasteiger partial charge in [0.05, 0.1) is 13.2 Å². The first-order chi connectivity index (χ1) is 5.70. The Morgan fingerprint density at radius 2 is 2.50 bits per heavy atom. The van der Waals surface area contributed by atoms with E-state index in [0.717, 1.165) is 6.61 Å². The van der Waals surface area contributed by atoms with Crippen molar-refractivity contribution < 1.29 is 14.3 Å². The van der Waals surface area contributed by atoms with Crippen LogP contribution < -0.4 is 5.32 Å². The molecule has 1 heterocycles. The van der Waals surface area contributed by atoms with Crippen molar-refractivity contribution in [3.8, 4) is 0 Å². The Kier molecular flexibility index (Phi) is 3.25. The number of ether oxygens (including phenoxy) is 2. The highest BCUT2D eigenvalue weighted by molar-refractivity contribution is 5.91. The van der Waals surface area contributed by atoms with Crippen molar-refractivity contribution >= 4 is 5.91 Å². The minimum Gasteiger partial charge on any atom is -0.371 e. The van der Waals surface area contributed by atoms with Crippen LogP contribution in [0.25, 0.3) is 0 Å². The van der Waals surface area contributed by atoms with Crippen molar-refractivity contribution in [2.75, 3.05) is 19.9 Å². The molecule has 0 radical (unpaired) electrons. The SMILES string of the molecule is C=C(C)C(=O)NCOCC1CO1. The van der Waals surface area contributed by atoms with Crippen LogP contribution in [-0.2, 0) is 14.3 Å². The molecule has 1 aliphatic heterocycles. The number of amides is 1. The minimum absolute atomic E-state index is 0.174. The lowest BCUT2D eigenvalue weighted by atomic mass is 10.3. The van der Waals surface area contributed by atoms with Crippen LogP contribution in [-0.4, -0.2) is 32.0 Å². The predicted octanol–water partition coefficient (Wildman–Crippen LogP) is 0.0516. The highest BCUT2D eigenvalue weighted by Crippen LogP contribution is 2.07. The number of epoxide rings is 1. The van der Waals surface area contributed by atoms with Crippen molar-refractivity contribution in [1.82, 2.24) is 5.32 Å². The van der Waals surface area contributed by atoms with Gasteiger partial charge in [-0.25, -0.2) is 0 Å². The zero-order valence-corrected chi connectivity index (χ0v) is 7.13. The molecule has 1 rings (SSSR count). The van der Waals surface area contributed by atoms with E-state index in [1.165, 1.54) is 0 Å². The highest BCUT2D eigenvalue weighted by Gasteiger charge is 2.22. The second kappa shape index (κ2) is 4.23. The fraction of sp³-hybridized carbons (Fsp3) is 0.625. The van der Waals surface area contributed by atoms with Gasteiger partial charge < -0.3 is 14.8 Å². The molecule has 1 N–H and O–H groups in total. The van der Waals surface area contributed by atoms with Gasteiger partial charge in [-0.3, -0.25) is 4.79 Å². The smallest absolute Gasteiger partial charge is 0.248 e. The molecular formula is C8H13NO3. The van der Waals surface area contributed by atoms with E-state index in [9.17, 15) is 4.79 Å². The van der Waals surface area contributed by atoms with E-state index in [2.05, 4.69) is 11.9 Å². The first-order valence-corrected chi connectivity index (χ1v) is 3.83. The summed E-state index contributed by atoms with van der Waals surface area (Å²) in [6.45, 7) is 6.69. The molecule has 1 amide bonds. The Hall–Kier alpha value is -0.870. The average Bonchev–Trinajstić information content (AvgIpc) is 2.80. The number of hydrogen-bond acceptors (Lipinski definition) is 3. The molecule has 1 unspecified atom stereocenters. The Morgan fingerprint density at radius 3 is 3.00 bits per heavy atom. The first-order valence-electron chi connectivity index (χ1n) is 3.83. The zero-order chi connectivity index (χ0) is 8.97. The van der Waals surface area contributed by atoms with Gasteiger partial charge in [-0.05, 0) is 6.92 Å².